The summed E-state index contributed by atoms with van der Waals surface area (Å²) in [6, 6.07) is 1.64. The standard InChI is InChI=1S/C20H28N4O9/c1-10(25)17(21)20(33)23-13(6-7-15(27)28)19(32)24-14(18(31)22-9-16(29)30)8-11-2-4-12(26)5-3-11/h2-5,10,13-14,17,25-26H,6-9,21H2,1H3,(H,22,31)(H,23,33)(H,24,32)(H,27,28)(H,29,30). The predicted molar refractivity (Wildman–Crippen MR) is 113 cm³/mol. The van der Waals surface area contributed by atoms with Gasteiger partial charge in [-0.15, -0.1) is 0 Å². The highest BCUT2D eigenvalue weighted by atomic mass is 16.4. The van der Waals surface area contributed by atoms with Crippen molar-refractivity contribution in [1.82, 2.24) is 16.0 Å². The highest BCUT2D eigenvalue weighted by Crippen LogP contribution is 2.12. The van der Waals surface area contributed by atoms with Crippen LogP contribution in [0.3, 0.4) is 0 Å². The number of nitrogens with two attached hydrogens (primary N) is 1. The predicted octanol–water partition coefficient (Wildman–Crippen LogP) is -2.32. The van der Waals surface area contributed by atoms with Crippen LogP contribution in [-0.2, 0) is 30.4 Å². The van der Waals surface area contributed by atoms with Gasteiger partial charge in [-0.3, -0.25) is 24.0 Å². The number of carboxylic acid groups (broad SMARTS) is 2. The molecule has 0 heterocycles. The molecule has 33 heavy (non-hydrogen) atoms. The van der Waals surface area contributed by atoms with Gasteiger partial charge in [0.2, 0.25) is 17.7 Å². The molecule has 1 aromatic carbocycles. The lowest BCUT2D eigenvalue weighted by molar-refractivity contribution is -0.138. The topological polar surface area (TPSA) is 228 Å². The van der Waals surface area contributed by atoms with E-state index >= 15 is 0 Å². The Morgan fingerprint density at radius 3 is 2.00 bits per heavy atom. The Morgan fingerprint density at radius 1 is 0.909 bits per heavy atom. The van der Waals surface area contributed by atoms with E-state index in [4.69, 9.17) is 15.9 Å². The third kappa shape index (κ3) is 9.97. The average molecular weight is 468 g/mol. The second kappa shape index (κ2) is 13.0. The van der Waals surface area contributed by atoms with E-state index in [0.29, 0.717) is 5.56 Å². The molecule has 0 radical (unpaired) electrons. The van der Waals surface area contributed by atoms with Crippen LogP contribution in [-0.4, -0.2) is 80.9 Å². The van der Waals surface area contributed by atoms with Crippen LogP contribution in [0.4, 0.5) is 0 Å². The molecule has 1 aromatic rings. The number of carbonyl (C=O) groups excluding carboxylic acids is 3. The van der Waals surface area contributed by atoms with Crippen molar-refractivity contribution in [3.05, 3.63) is 29.8 Å². The van der Waals surface area contributed by atoms with Crippen molar-refractivity contribution in [2.75, 3.05) is 6.54 Å². The van der Waals surface area contributed by atoms with Gasteiger partial charge in [0.1, 0.15) is 30.4 Å². The minimum Gasteiger partial charge on any atom is -0.508 e. The maximum atomic E-state index is 12.8. The Bertz CT molecular complexity index is 858. The fourth-order valence-corrected chi connectivity index (χ4v) is 2.66. The van der Waals surface area contributed by atoms with Crippen molar-refractivity contribution in [3.63, 3.8) is 0 Å². The van der Waals surface area contributed by atoms with E-state index in [-0.39, 0.29) is 18.6 Å². The molecule has 0 bridgehead atoms. The molecular formula is C20H28N4O9. The summed E-state index contributed by atoms with van der Waals surface area (Å²) < 4.78 is 0. The molecule has 9 N–H and O–H groups in total. The first-order valence-electron chi connectivity index (χ1n) is 9.94. The van der Waals surface area contributed by atoms with Crippen LogP contribution in [0.2, 0.25) is 0 Å². The number of aliphatic hydroxyl groups is 1. The van der Waals surface area contributed by atoms with Crippen molar-refractivity contribution in [1.29, 1.82) is 0 Å². The third-order valence-corrected chi connectivity index (χ3v) is 4.53. The lowest BCUT2D eigenvalue weighted by Crippen LogP contribution is -2.57. The zero-order chi connectivity index (χ0) is 25.1. The summed E-state index contributed by atoms with van der Waals surface area (Å²) in [5, 5.41) is 43.4. The number of amides is 3. The smallest absolute Gasteiger partial charge is 0.322 e. The van der Waals surface area contributed by atoms with Crippen LogP contribution in [0.15, 0.2) is 24.3 Å². The first-order valence-corrected chi connectivity index (χ1v) is 9.94. The first-order chi connectivity index (χ1) is 15.4. The number of aromatic hydroxyl groups is 1. The van der Waals surface area contributed by atoms with Crippen LogP contribution in [0.25, 0.3) is 0 Å². The first kappa shape index (κ1) is 27.3. The number of phenolic OH excluding ortho intramolecular Hbond substituents is 1. The minimum absolute atomic E-state index is 0.0273. The molecule has 13 nitrogen and oxygen atoms in total. The molecule has 0 aliphatic heterocycles. The molecular weight excluding hydrogens is 440 g/mol. The molecule has 0 fully saturated rings. The van der Waals surface area contributed by atoms with E-state index in [1.165, 1.54) is 31.2 Å². The molecule has 182 valence electrons. The summed E-state index contributed by atoms with van der Waals surface area (Å²) in [5.74, 6) is -5.21. The Hall–Kier alpha value is -3.71. The zero-order valence-electron chi connectivity index (χ0n) is 17.9. The average Bonchev–Trinajstić information content (AvgIpc) is 2.74. The van der Waals surface area contributed by atoms with E-state index in [1.54, 1.807) is 0 Å². The number of carboxylic acids is 2. The van der Waals surface area contributed by atoms with Crippen molar-refractivity contribution in [3.8, 4) is 5.75 Å². The molecule has 4 unspecified atom stereocenters. The molecule has 0 spiro atoms. The lowest BCUT2D eigenvalue weighted by Gasteiger charge is -2.24. The zero-order valence-corrected chi connectivity index (χ0v) is 17.9. The van der Waals surface area contributed by atoms with Crippen LogP contribution in [0.5, 0.6) is 5.75 Å². The highest BCUT2D eigenvalue weighted by molar-refractivity contribution is 5.94. The molecule has 0 aromatic heterocycles. The van der Waals surface area contributed by atoms with Crippen molar-refractivity contribution in [2.45, 2.75) is 50.4 Å². The Labute approximate surface area is 189 Å². The Balaban J connectivity index is 3.05. The van der Waals surface area contributed by atoms with Gasteiger partial charge in [-0.05, 0) is 31.0 Å². The lowest BCUT2D eigenvalue weighted by atomic mass is 10.0. The third-order valence-electron chi connectivity index (χ3n) is 4.53. The maximum Gasteiger partial charge on any atom is 0.322 e. The SMILES string of the molecule is CC(O)C(N)C(=O)NC(CCC(=O)O)C(=O)NC(Cc1ccc(O)cc1)C(=O)NCC(=O)O. The largest absolute Gasteiger partial charge is 0.508 e. The fraction of sp³-hybridized carbons (Fsp3) is 0.450. The number of nitrogens with one attached hydrogen (secondary N) is 3. The number of phenols is 1. The number of aliphatic hydroxyl groups excluding tert-OH is 1. The summed E-state index contributed by atoms with van der Waals surface area (Å²) in [4.78, 5) is 59.2. The van der Waals surface area contributed by atoms with Gasteiger partial charge < -0.3 is 42.1 Å². The Morgan fingerprint density at radius 2 is 1.48 bits per heavy atom. The van der Waals surface area contributed by atoms with Crippen LogP contribution in [0, 0.1) is 0 Å². The molecule has 0 aliphatic rings. The quantitative estimate of drug-likeness (QED) is 0.154. The Kier molecular flexibility index (Phi) is 10.7. The summed E-state index contributed by atoms with van der Waals surface area (Å²) in [6.07, 6.45) is -2.15. The molecule has 4 atom stereocenters. The molecule has 1 rings (SSSR count). The molecule has 3 amide bonds. The number of hydrogen-bond acceptors (Lipinski definition) is 8. The van der Waals surface area contributed by atoms with Gasteiger partial charge >= 0.3 is 11.9 Å². The van der Waals surface area contributed by atoms with Crippen LogP contribution in [0.1, 0.15) is 25.3 Å². The van der Waals surface area contributed by atoms with Crippen LogP contribution < -0.4 is 21.7 Å². The molecule has 0 aliphatic carbocycles. The number of carbonyl (C=O) groups is 5. The fourth-order valence-electron chi connectivity index (χ4n) is 2.66. The summed E-state index contributed by atoms with van der Waals surface area (Å²) in [5.41, 5.74) is 6.07. The normalized spacial score (nSPS) is 14.3. The molecule has 13 heteroatoms. The van der Waals surface area contributed by atoms with E-state index in [2.05, 4.69) is 16.0 Å². The van der Waals surface area contributed by atoms with Crippen molar-refractivity contribution >= 4 is 29.7 Å². The number of hydrogen-bond donors (Lipinski definition) is 8. The van der Waals surface area contributed by atoms with Gasteiger partial charge in [-0.25, -0.2) is 0 Å². The van der Waals surface area contributed by atoms with Crippen molar-refractivity contribution < 1.29 is 44.4 Å². The molecule has 0 saturated carbocycles. The summed E-state index contributed by atoms with van der Waals surface area (Å²) in [7, 11) is 0. The summed E-state index contributed by atoms with van der Waals surface area (Å²) >= 11 is 0. The van der Waals surface area contributed by atoms with E-state index < -0.39 is 66.9 Å². The number of benzene rings is 1. The summed E-state index contributed by atoms with van der Waals surface area (Å²) in [6.45, 7) is 0.556. The van der Waals surface area contributed by atoms with Gasteiger partial charge in [0.15, 0.2) is 0 Å². The van der Waals surface area contributed by atoms with E-state index in [0.717, 1.165) is 0 Å². The monoisotopic (exact) mass is 468 g/mol. The van der Waals surface area contributed by atoms with Crippen LogP contribution >= 0.6 is 0 Å². The number of aliphatic carboxylic acids is 2. The van der Waals surface area contributed by atoms with E-state index in [9.17, 15) is 34.2 Å². The highest BCUT2D eigenvalue weighted by Gasteiger charge is 2.30. The second-order valence-electron chi connectivity index (χ2n) is 7.30. The van der Waals surface area contributed by atoms with Gasteiger partial charge in [0.25, 0.3) is 0 Å². The maximum absolute atomic E-state index is 12.8. The van der Waals surface area contributed by atoms with Gasteiger partial charge in [0, 0.05) is 12.8 Å². The second-order valence-corrected chi connectivity index (χ2v) is 7.30. The molecule has 0 saturated heterocycles. The van der Waals surface area contributed by atoms with Gasteiger partial charge in [0.05, 0.1) is 6.10 Å². The minimum atomic E-state index is -1.40. The van der Waals surface area contributed by atoms with E-state index in [1.807, 2.05) is 0 Å². The number of rotatable bonds is 13. The van der Waals surface area contributed by atoms with Gasteiger partial charge in [-0.2, -0.15) is 0 Å². The van der Waals surface area contributed by atoms with Gasteiger partial charge in [-0.1, -0.05) is 12.1 Å². The van der Waals surface area contributed by atoms with Crippen molar-refractivity contribution in [2.24, 2.45) is 5.73 Å².